The number of amides is 1. The molecule has 0 saturated carbocycles. The maximum Gasteiger partial charge on any atom is 0.270 e. The molecular weight excluding hydrogens is 480 g/mol. The number of rotatable bonds is 7. The highest BCUT2D eigenvalue weighted by atomic mass is 32.2. The molecule has 0 spiro atoms. The van der Waals surface area contributed by atoms with Gasteiger partial charge < -0.3 is 24.6 Å². The van der Waals surface area contributed by atoms with Gasteiger partial charge in [-0.15, -0.1) is 11.8 Å². The van der Waals surface area contributed by atoms with Crippen molar-refractivity contribution in [3.8, 4) is 28.4 Å². The lowest BCUT2D eigenvalue weighted by atomic mass is 9.96. The van der Waals surface area contributed by atoms with E-state index in [0.717, 1.165) is 16.7 Å². The summed E-state index contributed by atoms with van der Waals surface area (Å²) in [4.78, 5) is 31.0. The number of carbonyl (C=O) groups is 1. The number of nitrogens with zero attached hydrogens (tertiary/aromatic N) is 1. The number of aliphatic hydroxyl groups excluding tert-OH is 1. The van der Waals surface area contributed by atoms with Crippen LogP contribution < -0.4 is 25.0 Å². The van der Waals surface area contributed by atoms with Crippen molar-refractivity contribution in [3.05, 3.63) is 75.2 Å². The van der Waals surface area contributed by atoms with Gasteiger partial charge in [-0.25, -0.2) is 4.98 Å². The molecular formula is C27H28N2O6S. The lowest BCUT2D eigenvalue weighted by Gasteiger charge is -2.19. The third-order valence-electron chi connectivity index (χ3n) is 6.25. The van der Waals surface area contributed by atoms with Crippen LogP contribution in [-0.2, 0) is 13.0 Å². The Balaban J connectivity index is 1.90. The van der Waals surface area contributed by atoms with Gasteiger partial charge in [0.2, 0.25) is 5.75 Å². The summed E-state index contributed by atoms with van der Waals surface area (Å²) in [6.07, 6.45) is 2.91. The molecule has 36 heavy (non-hydrogen) atoms. The highest BCUT2D eigenvalue weighted by Gasteiger charge is 2.29. The molecule has 0 saturated heterocycles. The summed E-state index contributed by atoms with van der Waals surface area (Å²) in [6, 6.07) is 11.6. The van der Waals surface area contributed by atoms with Crippen LogP contribution in [0.4, 0.5) is 0 Å². The first-order chi connectivity index (χ1) is 17.4. The van der Waals surface area contributed by atoms with E-state index in [9.17, 15) is 14.7 Å². The number of nitrogens with one attached hydrogen (secondary N) is 1. The summed E-state index contributed by atoms with van der Waals surface area (Å²) in [7, 11) is 4.70. The van der Waals surface area contributed by atoms with Gasteiger partial charge in [-0.2, -0.15) is 0 Å². The van der Waals surface area contributed by atoms with Crippen LogP contribution >= 0.6 is 11.8 Å². The van der Waals surface area contributed by atoms with E-state index >= 15 is 0 Å². The van der Waals surface area contributed by atoms with E-state index in [1.54, 1.807) is 51.7 Å². The van der Waals surface area contributed by atoms with Gasteiger partial charge in [0.15, 0.2) is 16.9 Å². The molecule has 1 aromatic heterocycles. The fraction of sp³-hybridized carbons (Fsp3) is 0.296. The number of thioether (sulfide) groups is 1. The quantitative estimate of drug-likeness (QED) is 0.465. The van der Waals surface area contributed by atoms with E-state index in [-0.39, 0.29) is 17.7 Å². The Morgan fingerprint density at radius 2 is 1.86 bits per heavy atom. The van der Waals surface area contributed by atoms with Crippen LogP contribution in [0.15, 0.2) is 52.2 Å². The Morgan fingerprint density at radius 1 is 1.08 bits per heavy atom. The van der Waals surface area contributed by atoms with E-state index in [1.165, 1.54) is 11.8 Å². The second-order valence-corrected chi connectivity index (χ2v) is 9.04. The maximum atomic E-state index is 13.2. The summed E-state index contributed by atoms with van der Waals surface area (Å²) in [5, 5.41) is 12.5. The maximum absolute atomic E-state index is 13.2. The van der Waals surface area contributed by atoms with Crippen molar-refractivity contribution in [1.29, 1.82) is 0 Å². The highest BCUT2D eigenvalue weighted by Crippen LogP contribution is 2.48. The second kappa shape index (κ2) is 11.0. The molecule has 0 aliphatic heterocycles. The van der Waals surface area contributed by atoms with E-state index < -0.39 is 11.9 Å². The number of aromatic nitrogens is 1. The molecule has 1 amide bonds. The van der Waals surface area contributed by atoms with Gasteiger partial charge in [0.25, 0.3) is 5.91 Å². The fourth-order valence-electron chi connectivity index (χ4n) is 4.55. The van der Waals surface area contributed by atoms with Crippen LogP contribution in [0.3, 0.4) is 0 Å². The number of methoxy groups -OCH3 is 3. The van der Waals surface area contributed by atoms with Crippen LogP contribution in [0.5, 0.6) is 17.2 Å². The zero-order valence-corrected chi connectivity index (χ0v) is 21.4. The average Bonchev–Trinajstić information content (AvgIpc) is 3.15. The van der Waals surface area contributed by atoms with Crippen molar-refractivity contribution in [1.82, 2.24) is 10.3 Å². The summed E-state index contributed by atoms with van der Waals surface area (Å²) in [6.45, 7) is -0.265. The Kier molecular flexibility index (Phi) is 7.81. The van der Waals surface area contributed by atoms with E-state index in [4.69, 9.17) is 14.2 Å². The van der Waals surface area contributed by atoms with Gasteiger partial charge >= 0.3 is 0 Å². The molecule has 1 heterocycles. The molecule has 9 heteroatoms. The standard InChI is InChI=1S/C27H28N2O6S/c1-33-23-13-18-16-9-11-24(36-4)22(31)12-19(16)20(10-8-17(18)25(34-2)26(23)35-3)29-27(32)21-7-5-6-15(14-30)28-21/h5-7,9,11-13,20,30H,8,10,14H2,1-4H3,(H,29,32)/t20-/m0/s1. The van der Waals surface area contributed by atoms with E-state index in [0.29, 0.717) is 46.2 Å². The van der Waals surface area contributed by atoms with Crippen LogP contribution in [0.25, 0.3) is 11.1 Å². The number of pyridine rings is 1. The van der Waals surface area contributed by atoms with E-state index in [1.807, 2.05) is 18.4 Å². The van der Waals surface area contributed by atoms with E-state index in [2.05, 4.69) is 10.3 Å². The number of hydrogen-bond acceptors (Lipinski definition) is 8. The van der Waals surface area contributed by atoms with Gasteiger partial charge in [-0.3, -0.25) is 9.59 Å². The lowest BCUT2D eigenvalue weighted by molar-refractivity contribution is 0.0929. The predicted octanol–water partition coefficient (Wildman–Crippen LogP) is 3.77. The zero-order valence-electron chi connectivity index (χ0n) is 20.6. The molecule has 4 rings (SSSR count). The third-order valence-corrected chi connectivity index (χ3v) is 7.03. The third kappa shape index (κ3) is 4.76. The Hall–Kier alpha value is -3.56. The molecule has 1 aliphatic carbocycles. The molecule has 0 bridgehead atoms. The van der Waals surface area contributed by atoms with Crippen LogP contribution in [0.2, 0.25) is 0 Å². The van der Waals surface area contributed by atoms with Crippen molar-refractivity contribution in [2.75, 3.05) is 27.6 Å². The van der Waals surface area contributed by atoms with Crippen molar-refractivity contribution < 1.29 is 24.1 Å². The molecule has 2 aromatic carbocycles. The average molecular weight is 509 g/mol. The monoisotopic (exact) mass is 508 g/mol. The number of ether oxygens (including phenoxy) is 3. The molecule has 1 aliphatic rings. The van der Waals surface area contributed by atoms with Gasteiger partial charge in [-0.1, -0.05) is 12.1 Å². The van der Waals surface area contributed by atoms with Crippen LogP contribution in [0.1, 0.15) is 39.8 Å². The number of carbonyl (C=O) groups excluding carboxylic acids is 1. The summed E-state index contributed by atoms with van der Waals surface area (Å²) in [5.74, 6) is 1.16. The molecule has 3 aromatic rings. The van der Waals surface area contributed by atoms with Gasteiger partial charge in [0.1, 0.15) is 5.69 Å². The molecule has 2 N–H and O–H groups in total. The number of aliphatic hydroxyl groups is 1. The molecule has 188 valence electrons. The SMILES string of the molecule is COc1cc2c(c(OC)c1OC)CC[C@H](NC(=O)c1cccc(CO)n1)c1cc(=O)c(SC)ccc1-2. The number of fused-ring (bicyclic) bond motifs is 3. The Labute approximate surface area is 213 Å². The van der Waals surface area contributed by atoms with Gasteiger partial charge in [0.05, 0.1) is 44.6 Å². The first kappa shape index (κ1) is 25.5. The Bertz CT molecular complexity index is 1360. The molecule has 8 nitrogen and oxygen atoms in total. The van der Waals surface area contributed by atoms with Crippen molar-refractivity contribution >= 4 is 17.7 Å². The van der Waals surface area contributed by atoms with Gasteiger partial charge in [-0.05, 0) is 66.1 Å². The second-order valence-electron chi connectivity index (χ2n) is 8.19. The highest BCUT2D eigenvalue weighted by molar-refractivity contribution is 7.98. The predicted molar refractivity (Wildman–Crippen MR) is 138 cm³/mol. The minimum atomic E-state index is -0.476. The normalized spacial score (nSPS) is 14.2. The summed E-state index contributed by atoms with van der Waals surface area (Å²) >= 11 is 1.37. The van der Waals surface area contributed by atoms with Crippen molar-refractivity contribution in [2.24, 2.45) is 0 Å². The van der Waals surface area contributed by atoms with Crippen LogP contribution in [0, 0.1) is 0 Å². The minimum Gasteiger partial charge on any atom is -0.493 e. The summed E-state index contributed by atoms with van der Waals surface area (Å²) < 4.78 is 17.0. The number of hydrogen-bond donors (Lipinski definition) is 2. The number of benzene rings is 1. The van der Waals surface area contributed by atoms with Crippen LogP contribution in [-0.4, -0.2) is 43.6 Å². The topological polar surface area (TPSA) is 107 Å². The molecule has 0 fully saturated rings. The largest absolute Gasteiger partial charge is 0.493 e. The first-order valence-corrected chi connectivity index (χ1v) is 12.6. The lowest BCUT2D eigenvalue weighted by Crippen LogP contribution is -2.30. The molecule has 1 atom stereocenters. The smallest absolute Gasteiger partial charge is 0.270 e. The molecule has 0 radical (unpaired) electrons. The zero-order chi connectivity index (χ0) is 25.8. The Morgan fingerprint density at radius 3 is 2.53 bits per heavy atom. The van der Waals surface area contributed by atoms with Crippen molar-refractivity contribution in [2.45, 2.75) is 30.4 Å². The fourth-order valence-corrected chi connectivity index (χ4v) is 5.02. The summed E-state index contributed by atoms with van der Waals surface area (Å²) in [5.41, 5.74) is 3.70. The minimum absolute atomic E-state index is 0.126. The van der Waals surface area contributed by atoms with Gasteiger partial charge in [0, 0.05) is 5.56 Å². The molecule has 0 unspecified atom stereocenters. The van der Waals surface area contributed by atoms with Crippen molar-refractivity contribution in [3.63, 3.8) is 0 Å². The first-order valence-electron chi connectivity index (χ1n) is 11.4.